The number of aromatic nitrogens is 6. The minimum absolute atomic E-state index is 0.735. The average molecular weight is 1300 g/mol. The molecule has 2 unspecified atom stereocenters. The number of rotatable bonds is 0. The summed E-state index contributed by atoms with van der Waals surface area (Å²) in [6.45, 7) is 17.1. The Balaban J connectivity index is 0.000000144. The van der Waals surface area contributed by atoms with E-state index in [0.29, 0.717) is 0 Å². The third kappa shape index (κ3) is 32.9. The van der Waals surface area contributed by atoms with Crippen molar-refractivity contribution in [3.63, 3.8) is 0 Å². The van der Waals surface area contributed by atoms with Gasteiger partial charge in [0.2, 0.25) is 0 Å². The van der Waals surface area contributed by atoms with Crippen molar-refractivity contribution in [1.82, 2.24) is 51.4 Å². The van der Waals surface area contributed by atoms with E-state index in [2.05, 4.69) is 125 Å². The molecule has 5 fully saturated rings. The predicted molar refractivity (Wildman–Crippen MR) is 391 cm³/mol. The lowest BCUT2D eigenvalue weighted by Crippen LogP contribution is -2.23. The molecule has 0 radical (unpaired) electrons. The van der Waals surface area contributed by atoms with Crippen LogP contribution >= 0.6 is 23.5 Å². The second-order valence-corrected chi connectivity index (χ2v) is 26.5. The predicted octanol–water partition coefficient (Wildman–Crippen LogP) is 13.3. The fourth-order valence-corrected chi connectivity index (χ4v) is 13.3. The Labute approximate surface area is 561 Å². The fourth-order valence-electron chi connectivity index (χ4n) is 11.5. The van der Waals surface area contributed by atoms with E-state index in [1.807, 2.05) is 72.8 Å². The molecular weight excluding hydrogens is 1190 g/mol. The summed E-state index contributed by atoms with van der Waals surface area (Å²) >= 11 is 3.98. The van der Waals surface area contributed by atoms with Gasteiger partial charge in [-0.25, -0.2) is 15.0 Å². The first-order chi connectivity index (χ1) is 45.8. The van der Waals surface area contributed by atoms with Crippen molar-refractivity contribution < 1.29 is 9.47 Å². The molecule has 12 aliphatic rings. The van der Waals surface area contributed by atoms with Crippen LogP contribution in [0.5, 0.6) is 5.75 Å². The van der Waals surface area contributed by atoms with Gasteiger partial charge in [-0.1, -0.05) is 62.8 Å². The zero-order chi connectivity index (χ0) is 63.5. The number of ether oxygens (including phenoxy) is 2. The SMILES string of the molecule is C1=CCCNCC1.C1=CCNCCC1.C1CC2CC1CN2.C1CCCNCC1.C1CCCOCC1.C1CCCSCC1.c1cc2c(cn1)CCCN2.c1cc2c(nn1)NCCC2.c1cnc2c(c1)NCCN2.c1cnc2c(c1)OCCN2.c1cnc2c(c1)SCCN2. The molecule has 17 rings (SSSR count). The maximum absolute atomic E-state index is 5.30. The number of pyridine rings is 4. The normalized spacial score (nSPS) is 20.7. The molecule has 0 amide bonds. The summed E-state index contributed by atoms with van der Waals surface area (Å²) in [5.41, 5.74) is 5.02. The third-order valence-electron chi connectivity index (χ3n) is 16.6. The van der Waals surface area contributed by atoms with Gasteiger partial charge in [0, 0.05) is 106 Å². The summed E-state index contributed by atoms with van der Waals surface area (Å²) in [6, 6.07) is 16.8. The molecule has 20 heteroatoms. The van der Waals surface area contributed by atoms with E-state index in [1.54, 1.807) is 18.6 Å². The van der Waals surface area contributed by atoms with Crippen LogP contribution in [0.2, 0.25) is 0 Å². The van der Waals surface area contributed by atoms with Gasteiger partial charge >= 0.3 is 0 Å². The molecule has 16 heterocycles. The largest absolute Gasteiger partial charge is 0.488 e. The molecule has 92 heavy (non-hydrogen) atoms. The first kappa shape index (κ1) is 73.7. The van der Waals surface area contributed by atoms with Gasteiger partial charge in [0.15, 0.2) is 17.4 Å². The zero-order valence-corrected chi connectivity index (χ0v) is 57.2. The fraction of sp³-hybridized carbons (Fsp3) is 0.611. The van der Waals surface area contributed by atoms with Gasteiger partial charge in [0.05, 0.1) is 18.4 Å². The number of aryl methyl sites for hydroxylation is 2. The van der Waals surface area contributed by atoms with Crippen LogP contribution in [0.15, 0.2) is 115 Å². The molecule has 0 spiro atoms. The maximum Gasteiger partial charge on any atom is 0.168 e. The number of fused-ring (bicyclic) bond motifs is 7. The van der Waals surface area contributed by atoms with Crippen LogP contribution in [-0.4, -0.2) is 158 Å². The summed E-state index contributed by atoms with van der Waals surface area (Å²) in [4.78, 5) is 17.7. The molecule has 506 valence electrons. The van der Waals surface area contributed by atoms with E-state index < -0.39 is 0 Å². The van der Waals surface area contributed by atoms with Gasteiger partial charge in [0.25, 0.3) is 0 Å². The van der Waals surface area contributed by atoms with Crippen molar-refractivity contribution in [1.29, 1.82) is 0 Å². The summed E-state index contributed by atoms with van der Waals surface area (Å²) in [7, 11) is 0. The summed E-state index contributed by atoms with van der Waals surface area (Å²) in [5.74, 6) is 9.73. The molecule has 11 aliphatic heterocycles. The van der Waals surface area contributed by atoms with Gasteiger partial charge in [0.1, 0.15) is 18.2 Å². The number of nitrogens with zero attached hydrogens (tertiary/aromatic N) is 6. The lowest BCUT2D eigenvalue weighted by molar-refractivity contribution is 0.144. The highest BCUT2D eigenvalue weighted by Crippen LogP contribution is 2.30. The molecular formula is C72H114N16O2S2. The van der Waals surface area contributed by atoms with Gasteiger partial charge in [-0.3, -0.25) is 4.98 Å². The van der Waals surface area contributed by atoms with E-state index in [1.165, 1.54) is 201 Å². The van der Waals surface area contributed by atoms with Crippen molar-refractivity contribution in [2.75, 3.05) is 154 Å². The Kier molecular flexibility index (Phi) is 39.9. The Bertz CT molecular complexity index is 2140. The van der Waals surface area contributed by atoms with Crippen LogP contribution in [0, 0.1) is 5.92 Å². The Morgan fingerprint density at radius 3 is 1.83 bits per heavy atom. The van der Waals surface area contributed by atoms with Gasteiger partial charge in [-0.05, 0) is 226 Å². The summed E-state index contributed by atoms with van der Waals surface area (Å²) < 4.78 is 10.5. The van der Waals surface area contributed by atoms with E-state index >= 15 is 0 Å². The minimum Gasteiger partial charge on any atom is -0.488 e. The molecule has 5 aromatic heterocycles. The quantitative estimate of drug-likeness (QED) is 0.0652. The summed E-state index contributed by atoms with van der Waals surface area (Å²) in [6.07, 6.45) is 50.8. The van der Waals surface area contributed by atoms with Crippen LogP contribution in [0.1, 0.15) is 146 Å². The number of nitrogens with one attached hydrogen (secondary N) is 10. The number of hydrogen-bond acceptors (Lipinski definition) is 20. The molecule has 2 bridgehead atoms. The highest BCUT2D eigenvalue weighted by Gasteiger charge is 2.30. The topological polar surface area (TPSA) is 216 Å². The van der Waals surface area contributed by atoms with E-state index in [0.717, 1.165) is 138 Å². The number of thioether (sulfide) groups is 2. The average Bonchev–Trinajstić information content (AvgIpc) is 2.67. The Hall–Kier alpha value is -5.74. The van der Waals surface area contributed by atoms with Gasteiger partial charge in [-0.2, -0.15) is 16.9 Å². The first-order valence-electron chi connectivity index (χ1n) is 35.4. The van der Waals surface area contributed by atoms with Crippen molar-refractivity contribution >= 4 is 58.2 Å². The second kappa shape index (κ2) is 49.8. The van der Waals surface area contributed by atoms with Crippen LogP contribution in [0.3, 0.4) is 0 Å². The van der Waals surface area contributed by atoms with Crippen LogP contribution in [0.4, 0.5) is 34.6 Å². The lowest BCUT2D eigenvalue weighted by Gasteiger charge is -2.17. The summed E-state index contributed by atoms with van der Waals surface area (Å²) in [5, 5.41) is 40.4. The van der Waals surface area contributed by atoms with Crippen LogP contribution in [0.25, 0.3) is 0 Å². The molecule has 2 atom stereocenters. The van der Waals surface area contributed by atoms with Crippen molar-refractivity contribution in [2.24, 2.45) is 5.92 Å². The molecule has 1 aliphatic carbocycles. The molecule has 1 saturated carbocycles. The Morgan fingerprint density at radius 2 is 1.11 bits per heavy atom. The molecule has 0 aromatic carbocycles. The highest BCUT2D eigenvalue weighted by molar-refractivity contribution is 7.99. The van der Waals surface area contributed by atoms with E-state index in [-0.39, 0.29) is 0 Å². The minimum atomic E-state index is 0.735. The second-order valence-electron chi connectivity index (χ2n) is 24.1. The monoisotopic (exact) mass is 1300 g/mol. The van der Waals surface area contributed by atoms with E-state index in [9.17, 15) is 0 Å². The van der Waals surface area contributed by atoms with Crippen LogP contribution in [-0.2, 0) is 17.6 Å². The maximum atomic E-state index is 5.30. The first-order valence-corrected chi connectivity index (χ1v) is 37.5. The number of piperidine rings is 1. The smallest absolute Gasteiger partial charge is 0.168 e. The number of allylic oxidation sites excluding steroid dienone is 1. The number of hydrogen-bond donors (Lipinski definition) is 10. The lowest BCUT2D eigenvalue weighted by atomic mass is 10.1. The molecule has 18 nitrogen and oxygen atoms in total. The van der Waals surface area contributed by atoms with Crippen molar-refractivity contribution in [3.8, 4) is 5.75 Å². The van der Waals surface area contributed by atoms with Crippen molar-refractivity contribution in [2.45, 2.75) is 159 Å². The van der Waals surface area contributed by atoms with Gasteiger partial charge < -0.3 is 62.6 Å². The molecule has 5 aromatic rings. The third-order valence-corrected chi connectivity index (χ3v) is 18.8. The highest BCUT2D eigenvalue weighted by atomic mass is 32.2. The number of anilines is 6. The molecule has 4 saturated heterocycles. The standard InChI is InChI=1S/C8H10N2.2C7H9N3.C7H8N2O.C7H8N2S.C6H11N.C6H13N.2C6H11N.C6H12O.C6H12S/c1-2-7-6-9-5-3-8(7)10-4-1;1-2-6-3-5-9-10-7(6)8-4-1;1-2-6-7(9-3-1)10-5-4-8-6;2*1-2-6-7(8-3-1)9-4-5-10-6;1-2-6-3-5(1)4-7-6;5*1-2-4-6-7-5-3-1/h3,5-6,10H,1-2,4H2;3,5H,1-2,4H2,(H,8,10);1-3,8H,4-5H2,(H,9,10);2*1-3H,4-5H2,(H,8,9);5-7H,1-4H2;7H,1-6H2;1,3,7H,2,4-6H2;1-2,7H,3-6H2;2*1-6H2. The Morgan fingerprint density at radius 1 is 0.446 bits per heavy atom. The van der Waals surface area contributed by atoms with Crippen LogP contribution < -0.4 is 57.9 Å². The van der Waals surface area contributed by atoms with E-state index in [4.69, 9.17) is 9.47 Å². The van der Waals surface area contributed by atoms with Gasteiger partial charge in [-0.15, -0.1) is 16.9 Å². The molecule has 10 N–H and O–H groups in total. The zero-order valence-electron chi connectivity index (χ0n) is 55.6. The van der Waals surface area contributed by atoms with Crippen molar-refractivity contribution in [3.05, 3.63) is 121 Å².